The highest BCUT2D eigenvalue weighted by molar-refractivity contribution is 7.12. The zero-order valence-electron chi connectivity index (χ0n) is 14.8. The molecule has 0 aliphatic heterocycles. The molecule has 0 spiro atoms. The molecular weight excluding hydrogens is 380 g/mol. The lowest BCUT2D eigenvalue weighted by molar-refractivity contribution is 0.103. The first-order chi connectivity index (χ1) is 13.0. The lowest BCUT2D eigenvalue weighted by Gasteiger charge is -2.06. The Bertz CT molecular complexity index is 1120. The summed E-state index contributed by atoms with van der Waals surface area (Å²) < 4.78 is 5.90. The number of rotatable bonds is 4. The largest absolute Gasteiger partial charge is 0.436 e. The average molecular weight is 397 g/mol. The monoisotopic (exact) mass is 396 g/mol. The molecular formula is C21H17ClN2O2S. The van der Waals surface area contributed by atoms with E-state index >= 15 is 0 Å². The van der Waals surface area contributed by atoms with E-state index in [1.807, 2.05) is 29.6 Å². The quantitative estimate of drug-likeness (QED) is 0.423. The number of carbonyl (C=O) groups excluding carboxylic acids is 1. The number of hydrogen-bond acceptors (Lipinski definition) is 4. The number of amides is 1. The van der Waals surface area contributed by atoms with Crippen molar-refractivity contribution < 1.29 is 9.21 Å². The van der Waals surface area contributed by atoms with E-state index in [4.69, 9.17) is 16.0 Å². The molecule has 6 heteroatoms. The normalized spacial score (nSPS) is 11.3. The van der Waals surface area contributed by atoms with Gasteiger partial charge in [-0.3, -0.25) is 4.79 Å². The van der Waals surface area contributed by atoms with Gasteiger partial charge < -0.3 is 9.73 Å². The molecule has 0 saturated carbocycles. The highest BCUT2D eigenvalue weighted by Crippen LogP contribution is 2.33. The Labute approximate surface area is 165 Å². The fourth-order valence-electron chi connectivity index (χ4n) is 2.79. The van der Waals surface area contributed by atoms with Crippen molar-refractivity contribution in [1.82, 2.24) is 4.98 Å². The predicted octanol–water partition coefficient (Wildman–Crippen LogP) is 6.59. The van der Waals surface area contributed by atoms with Gasteiger partial charge in [0.2, 0.25) is 5.89 Å². The van der Waals surface area contributed by atoms with Crippen molar-refractivity contribution >= 4 is 45.6 Å². The molecule has 4 rings (SSSR count). The van der Waals surface area contributed by atoms with Crippen LogP contribution in [0.25, 0.3) is 22.6 Å². The Kier molecular flexibility index (Phi) is 4.72. The third kappa shape index (κ3) is 3.61. The van der Waals surface area contributed by atoms with Crippen LogP contribution in [0.4, 0.5) is 5.69 Å². The maximum Gasteiger partial charge on any atom is 0.265 e. The summed E-state index contributed by atoms with van der Waals surface area (Å²) in [6.45, 7) is 4.28. The van der Waals surface area contributed by atoms with Gasteiger partial charge in [-0.05, 0) is 53.3 Å². The van der Waals surface area contributed by atoms with Crippen LogP contribution in [0, 0.1) is 0 Å². The number of carbonyl (C=O) groups is 1. The third-order valence-electron chi connectivity index (χ3n) is 4.28. The van der Waals surface area contributed by atoms with Gasteiger partial charge in [0.05, 0.1) is 15.5 Å². The number of fused-ring (bicyclic) bond motifs is 1. The van der Waals surface area contributed by atoms with Crippen molar-refractivity contribution in [2.75, 3.05) is 5.32 Å². The van der Waals surface area contributed by atoms with Gasteiger partial charge in [0.25, 0.3) is 5.91 Å². The van der Waals surface area contributed by atoms with E-state index in [9.17, 15) is 4.79 Å². The smallest absolute Gasteiger partial charge is 0.265 e. The number of nitrogens with one attached hydrogen (secondary N) is 1. The zero-order chi connectivity index (χ0) is 19.0. The Morgan fingerprint density at radius 2 is 2.04 bits per heavy atom. The predicted molar refractivity (Wildman–Crippen MR) is 111 cm³/mol. The van der Waals surface area contributed by atoms with Crippen LogP contribution in [0.3, 0.4) is 0 Å². The first kappa shape index (κ1) is 17.8. The Hall–Kier alpha value is -2.63. The van der Waals surface area contributed by atoms with Crippen molar-refractivity contribution in [3.05, 3.63) is 69.4 Å². The summed E-state index contributed by atoms with van der Waals surface area (Å²) in [5, 5.41) is 5.26. The standard InChI is InChI=1S/C21H17ClN2O2S/c1-12(2)13-5-8-18-17(10-13)24-21(26-18)15-11-14(6-7-16(15)22)23-20(25)19-4-3-9-27-19/h3-12H,1-2H3,(H,23,25). The summed E-state index contributed by atoms with van der Waals surface area (Å²) in [6.07, 6.45) is 0. The number of benzene rings is 2. The van der Waals surface area contributed by atoms with Crippen LogP contribution in [0.2, 0.25) is 5.02 Å². The van der Waals surface area contributed by atoms with Crippen LogP contribution in [-0.2, 0) is 0 Å². The molecule has 1 amide bonds. The van der Waals surface area contributed by atoms with E-state index in [1.165, 1.54) is 16.9 Å². The summed E-state index contributed by atoms with van der Waals surface area (Å²) >= 11 is 7.76. The van der Waals surface area contributed by atoms with Gasteiger partial charge in [0.15, 0.2) is 5.58 Å². The van der Waals surface area contributed by atoms with Crippen LogP contribution < -0.4 is 5.32 Å². The molecule has 0 radical (unpaired) electrons. The summed E-state index contributed by atoms with van der Waals surface area (Å²) in [4.78, 5) is 17.5. The second kappa shape index (κ2) is 7.18. The minimum absolute atomic E-state index is 0.155. The van der Waals surface area contributed by atoms with Crippen molar-refractivity contribution in [3.8, 4) is 11.5 Å². The highest BCUT2D eigenvalue weighted by Gasteiger charge is 2.15. The molecule has 136 valence electrons. The Morgan fingerprint density at radius 3 is 2.78 bits per heavy atom. The van der Waals surface area contributed by atoms with Crippen molar-refractivity contribution in [3.63, 3.8) is 0 Å². The number of thiophene rings is 1. The van der Waals surface area contributed by atoms with Crippen molar-refractivity contribution in [2.24, 2.45) is 0 Å². The molecule has 4 aromatic rings. The lowest BCUT2D eigenvalue weighted by atomic mass is 10.0. The van der Waals surface area contributed by atoms with Gasteiger partial charge in [-0.2, -0.15) is 0 Å². The molecule has 1 N–H and O–H groups in total. The number of nitrogens with zero attached hydrogens (tertiary/aromatic N) is 1. The van der Waals surface area contributed by atoms with Gasteiger partial charge in [-0.25, -0.2) is 4.98 Å². The fourth-order valence-corrected chi connectivity index (χ4v) is 3.60. The number of aromatic nitrogens is 1. The minimum Gasteiger partial charge on any atom is -0.436 e. The third-order valence-corrected chi connectivity index (χ3v) is 5.48. The van der Waals surface area contributed by atoms with Gasteiger partial charge in [-0.15, -0.1) is 11.3 Å². The van der Waals surface area contributed by atoms with E-state index in [1.54, 1.807) is 24.3 Å². The lowest BCUT2D eigenvalue weighted by Crippen LogP contribution is -2.10. The van der Waals surface area contributed by atoms with E-state index in [-0.39, 0.29) is 5.91 Å². The first-order valence-corrected chi connectivity index (χ1v) is 9.82. The molecule has 0 aliphatic carbocycles. The summed E-state index contributed by atoms with van der Waals surface area (Å²) in [5.41, 5.74) is 3.98. The zero-order valence-corrected chi connectivity index (χ0v) is 16.4. The minimum atomic E-state index is -0.155. The summed E-state index contributed by atoms with van der Waals surface area (Å²) in [6, 6.07) is 14.9. The van der Waals surface area contributed by atoms with E-state index < -0.39 is 0 Å². The second-order valence-electron chi connectivity index (χ2n) is 6.53. The molecule has 2 heterocycles. The Morgan fingerprint density at radius 1 is 1.19 bits per heavy atom. The molecule has 4 nitrogen and oxygen atoms in total. The SMILES string of the molecule is CC(C)c1ccc2oc(-c3cc(NC(=O)c4cccs4)ccc3Cl)nc2c1. The van der Waals surface area contributed by atoms with Crippen LogP contribution in [-0.4, -0.2) is 10.9 Å². The van der Waals surface area contributed by atoms with Crippen LogP contribution in [0.15, 0.2) is 58.3 Å². The molecule has 27 heavy (non-hydrogen) atoms. The van der Waals surface area contributed by atoms with E-state index in [0.29, 0.717) is 38.5 Å². The molecule has 0 bridgehead atoms. The maximum atomic E-state index is 12.3. The van der Waals surface area contributed by atoms with Gasteiger partial charge in [0, 0.05) is 5.69 Å². The second-order valence-corrected chi connectivity index (χ2v) is 7.88. The van der Waals surface area contributed by atoms with Gasteiger partial charge in [0.1, 0.15) is 5.52 Å². The molecule has 0 unspecified atom stereocenters. The molecule has 0 saturated heterocycles. The summed E-state index contributed by atoms with van der Waals surface area (Å²) in [5.74, 6) is 0.689. The molecule has 2 aromatic heterocycles. The van der Waals surface area contributed by atoms with Crippen LogP contribution >= 0.6 is 22.9 Å². The fraction of sp³-hybridized carbons (Fsp3) is 0.143. The van der Waals surface area contributed by atoms with Crippen LogP contribution in [0.1, 0.15) is 35.0 Å². The first-order valence-electron chi connectivity index (χ1n) is 8.56. The van der Waals surface area contributed by atoms with Gasteiger partial charge >= 0.3 is 0 Å². The number of hydrogen-bond donors (Lipinski definition) is 1. The topological polar surface area (TPSA) is 55.1 Å². The maximum absolute atomic E-state index is 12.3. The highest BCUT2D eigenvalue weighted by atomic mass is 35.5. The number of oxazole rings is 1. The van der Waals surface area contributed by atoms with Crippen LogP contribution in [0.5, 0.6) is 0 Å². The van der Waals surface area contributed by atoms with Crippen molar-refractivity contribution in [2.45, 2.75) is 19.8 Å². The van der Waals surface area contributed by atoms with Crippen molar-refractivity contribution in [1.29, 1.82) is 0 Å². The molecule has 0 aliphatic rings. The van der Waals surface area contributed by atoms with E-state index in [2.05, 4.69) is 24.1 Å². The molecule has 0 atom stereocenters. The van der Waals surface area contributed by atoms with Gasteiger partial charge in [-0.1, -0.05) is 37.6 Å². The molecule has 0 fully saturated rings. The average Bonchev–Trinajstić information content (AvgIpc) is 3.32. The summed E-state index contributed by atoms with van der Waals surface area (Å²) in [7, 11) is 0. The Balaban J connectivity index is 1.69. The number of halogens is 1. The number of anilines is 1. The van der Waals surface area contributed by atoms with E-state index in [0.717, 1.165) is 5.52 Å². The molecule has 2 aromatic carbocycles.